The van der Waals surface area contributed by atoms with E-state index in [9.17, 15) is 0 Å². The Balaban J connectivity index is 1.04. The maximum Gasteiger partial charge on any atom is 0.0724 e. The number of hydrogen-bond acceptors (Lipinski definition) is 2. The first kappa shape index (κ1) is 31.1. The molecule has 0 aromatic heterocycles. The van der Waals surface area contributed by atoms with Crippen molar-refractivity contribution in [3.05, 3.63) is 204 Å². The molecule has 48 heavy (non-hydrogen) atoms. The zero-order valence-corrected chi connectivity index (χ0v) is 27.0. The third kappa shape index (κ3) is 7.87. The Bertz CT molecular complexity index is 1790. The van der Waals surface area contributed by atoms with E-state index in [4.69, 9.17) is 9.47 Å². The fourth-order valence-electron chi connectivity index (χ4n) is 6.14. The van der Waals surface area contributed by atoms with Gasteiger partial charge in [-0.25, -0.2) is 0 Å². The van der Waals surface area contributed by atoms with E-state index < -0.39 is 0 Å². The van der Waals surface area contributed by atoms with Crippen LogP contribution in [-0.4, -0.2) is 0 Å². The molecule has 0 aliphatic rings. The molecule has 2 nitrogen and oxygen atoms in total. The Labute approximate surface area is 283 Å². The summed E-state index contributed by atoms with van der Waals surface area (Å²) in [5.41, 5.74) is 14.1. The average Bonchev–Trinajstić information content (AvgIpc) is 3.16. The van der Waals surface area contributed by atoms with Gasteiger partial charge in [0.05, 0.1) is 26.4 Å². The van der Waals surface area contributed by atoms with Gasteiger partial charge in [-0.2, -0.15) is 0 Å². The molecule has 0 N–H and O–H groups in total. The first-order valence-electron chi connectivity index (χ1n) is 16.5. The largest absolute Gasteiger partial charge is 0.372 e. The van der Waals surface area contributed by atoms with Crippen LogP contribution < -0.4 is 0 Å². The predicted molar refractivity (Wildman–Crippen MR) is 198 cm³/mol. The molecular formula is C46H38O2. The fraction of sp³-hybridized carbons (Fsp3) is 0.0870. The van der Waals surface area contributed by atoms with Crippen LogP contribution in [0.3, 0.4) is 0 Å². The van der Waals surface area contributed by atoms with Gasteiger partial charge < -0.3 is 9.47 Å². The van der Waals surface area contributed by atoms with E-state index >= 15 is 0 Å². The van der Waals surface area contributed by atoms with E-state index in [1.807, 2.05) is 0 Å². The maximum absolute atomic E-state index is 6.37. The Morgan fingerprint density at radius 3 is 0.812 bits per heavy atom. The monoisotopic (exact) mass is 622 g/mol. The number of ether oxygens (including phenoxy) is 2. The molecule has 0 atom stereocenters. The Morgan fingerprint density at radius 2 is 0.521 bits per heavy atom. The van der Waals surface area contributed by atoms with Gasteiger partial charge in [-0.1, -0.05) is 146 Å². The molecule has 7 aromatic rings. The van der Waals surface area contributed by atoms with Gasteiger partial charge in [-0.3, -0.25) is 0 Å². The molecule has 0 bridgehead atoms. The van der Waals surface area contributed by atoms with Crippen molar-refractivity contribution in [3.63, 3.8) is 0 Å². The van der Waals surface area contributed by atoms with Crippen LogP contribution in [0.15, 0.2) is 182 Å². The molecule has 0 saturated carbocycles. The van der Waals surface area contributed by atoms with E-state index in [1.165, 1.54) is 44.5 Å². The van der Waals surface area contributed by atoms with Crippen molar-refractivity contribution in [1.29, 1.82) is 0 Å². The number of benzene rings is 7. The second kappa shape index (κ2) is 15.4. The molecule has 0 saturated heterocycles. The third-order valence-electron chi connectivity index (χ3n) is 8.59. The summed E-state index contributed by atoms with van der Waals surface area (Å²) in [4.78, 5) is 0. The highest BCUT2D eigenvalue weighted by atomic mass is 16.5. The molecule has 0 unspecified atom stereocenters. The van der Waals surface area contributed by atoms with Gasteiger partial charge in [0.25, 0.3) is 0 Å². The lowest BCUT2D eigenvalue weighted by Crippen LogP contribution is -2.02. The van der Waals surface area contributed by atoms with Crippen molar-refractivity contribution >= 4 is 0 Å². The maximum atomic E-state index is 6.37. The number of hydrogen-bond donors (Lipinski definition) is 0. The minimum absolute atomic E-state index is 0.511. The lowest BCUT2D eigenvalue weighted by atomic mass is 9.96. The molecule has 0 aliphatic heterocycles. The van der Waals surface area contributed by atoms with Crippen LogP contribution in [0, 0.1) is 0 Å². The summed E-state index contributed by atoms with van der Waals surface area (Å²) >= 11 is 0. The van der Waals surface area contributed by atoms with Gasteiger partial charge in [-0.15, -0.1) is 0 Å². The van der Waals surface area contributed by atoms with Crippen LogP contribution >= 0.6 is 0 Å². The Morgan fingerprint density at radius 1 is 0.250 bits per heavy atom. The topological polar surface area (TPSA) is 18.5 Å². The summed E-state index contributed by atoms with van der Waals surface area (Å²) in [6.45, 7) is 2.06. The van der Waals surface area contributed by atoms with Gasteiger partial charge in [0.1, 0.15) is 0 Å². The summed E-state index contributed by atoms with van der Waals surface area (Å²) in [5.74, 6) is 0. The smallest absolute Gasteiger partial charge is 0.0724 e. The van der Waals surface area contributed by atoms with Crippen LogP contribution in [0.2, 0.25) is 0 Å². The van der Waals surface area contributed by atoms with Crippen LogP contribution in [0.25, 0.3) is 44.5 Å². The van der Waals surface area contributed by atoms with E-state index in [2.05, 4.69) is 182 Å². The molecule has 7 rings (SSSR count). The van der Waals surface area contributed by atoms with Gasteiger partial charge in [0.2, 0.25) is 0 Å². The molecule has 0 spiro atoms. The SMILES string of the molecule is c1ccc(-c2cc(COCc3ccccc3COCc3cc(-c4ccccc4)cc(-c4ccccc4)c3)cc(-c3ccccc3)c2)cc1. The van der Waals surface area contributed by atoms with Gasteiger partial charge in [0, 0.05) is 0 Å². The van der Waals surface area contributed by atoms with Gasteiger partial charge in [0.15, 0.2) is 0 Å². The Hall–Kier alpha value is -5.54. The van der Waals surface area contributed by atoms with Crippen molar-refractivity contribution in [1.82, 2.24) is 0 Å². The van der Waals surface area contributed by atoms with Gasteiger partial charge >= 0.3 is 0 Å². The summed E-state index contributed by atoms with van der Waals surface area (Å²) in [5, 5.41) is 0. The fourth-order valence-corrected chi connectivity index (χ4v) is 6.14. The highest BCUT2D eigenvalue weighted by Gasteiger charge is 2.09. The van der Waals surface area contributed by atoms with Crippen molar-refractivity contribution in [2.45, 2.75) is 26.4 Å². The lowest BCUT2D eigenvalue weighted by Gasteiger charge is -2.14. The molecular weight excluding hydrogens is 585 g/mol. The van der Waals surface area contributed by atoms with Crippen LogP contribution in [0.5, 0.6) is 0 Å². The molecule has 0 radical (unpaired) electrons. The third-order valence-corrected chi connectivity index (χ3v) is 8.59. The quantitative estimate of drug-likeness (QED) is 0.135. The molecule has 2 heteroatoms. The molecule has 7 aromatic carbocycles. The van der Waals surface area contributed by atoms with E-state index in [0.717, 1.165) is 22.3 Å². The summed E-state index contributed by atoms with van der Waals surface area (Å²) in [6.07, 6.45) is 0. The lowest BCUT2D eigenvalue weighted by molar-refractivity contribution is 0.0935. The Kier molecular flexibility index (Phi) is 9.95. The van der Waals surface area contributed by atoms with Crippen LogP contribution in [0.1, 0.15) is 22.3 Å². The van der Waals surface area contributed by atoms with E-state index in [0.29, 0.717) is 26.4 Å². The summed E-state index contributed by atoms with van der Waals surface area (Å²) in [6, 6.07) is 64.1. The molecule has 234 valence electrons. The van der Waals surface area contributed by atoms with E-state index in [1.54, 1.807) is 0 Å². The minimum Gasteiger partial charge on any atom is -0.372 e. The second-order valence-corrected chi connectivity index (χ2v) is 12.1. The van der Waals surface area contributed by atoms with Crippen molar-refractivity contribution in [3.8, 4) is 44.5 Å². The average molecular weight is 623 g/mol. The van der Waals surface area contributed by atoms with Crippen molar-refractivity contribution in [2.24, 2.45) is 0 Å². The first-order chi connectivity index (χ1) is 23.8. The van der Waals surface area contributed by atoms with Crippen molar-refractivity contribution in [2.75, 3.05) is 0 Å². The standard InChI is InChI=1S/C46H38O2/c1-5-15-37(16-6-1)43-25-35(26-44(29-43)38-17-7-2-8-18-38)31-47-33-41-23-13-14-24-42(41)34-48-32-36-27-45(39-19-9-3-10-20-39)30-46(28-36)40-21-11-4-12-22-40/h1-30H,31-34H2. The predicted octanol–water partition coefficient (Wildman–Crippen LogP) is 11.8. The normalized spacial score (nSPS) is 11.0. The van der Waals surface area contributed by atoms with E-state index in [-0.39, 0.29) is 0 Å². The van der Waals surface area contributed by atoms with Crippen molar-refractivity contribution < 1.29 is 9.47 Å². The first-order valence-corrected chi connectivity index (χ1v) is 16.5. The van der Waals surface area contributed by atoms with Gasteiger partial charge in [-0.05, 0) is 103 Å². The molecule has 0 fully saturated rings. The van der Waals surface area contributed by atoms with Crippen LogP contribution in [0.4, 0.5) is 0 Å². The molecule has 0 heterocycles. The highest BCUT2D eigenvalue weighted by molar-refractivity contribution is 5.75. The van der Waals surface area contributed by atoms with Crippen LogP contribution in [-0.2, 0) is 35.9 Å². The summed E-state index contributed by atoms with van der Waals surface area (Å²) in [7, 11) is 0. The zero-order chi connectivity index (χ0) is 32.4. The highest BCUT2D eigenvalue weighted by Crippen LogP contribution is 2.30. The molecule has 0 amide bonds. The zero-order valence-electron chi connectivity index (χ0n) is 27.0. The number of rotatable bonds is 12. The molecule has 0 aliphatic carbocycles. The second-order valence-electron chi connectivity index (χ2n) is 12.1. The minimum atomic E-state index is 0.511. The summed E-state index contributed by atoms with van der Waals surface area (Å²) < 4.78 is 12.7.